The lowest BCUT2D eigenvalue weighted by atomic mass is 10.0. The van der Waals surface area contributed by atoms with Crippen molar-refractivity contribution in [3.8, 4) is 0 Å². The Balaban J connectivity index is 1.51. The second-order valence-corrected chi connectivity index (χ2v) is 10.9. The fourth-order valence-corrected chi connectivity index (χ4v) is 5.29. The molecule has 0 radical (unpaired) electrons. The van der Waals surface area contributed by atoms with Crippen LogP contribution in [0.25, 0.3) is 0 Å². The third-order valence-corrected chi connectivity index (χ3v) is 6.88. The van der Waals surface area contributed by atoms with Crippen LogP contribution in [0.1, 0.15) is 26.6 Å². The maximum atomic E-state index is 13.2. The van der Waals surface area contributed by atoms with Gasteiger partial charge in [0.2, 0.25) is 12.3 Å². The van der Waals surface area contributed by atoms with Gasteiger partial charge in [0.05, 0.1) is 11.7 Å². The Morgan fingerprint density at radius 1 is 1.27 bits per heavy atom. The van der Waals surface area contributed by atoms with Gasteiger partial charge in [-0.15, -0.1) is 11.8 Å². The van der Waals surface area contributed by atoms with Gasteiger partial charge in [0.25, 0.3) is 11.8 Å². The standard InChI is InChI=1S/C25H27N7O7S/c1-25(2,3)39-16(33)12-38-30-17(20-27-8-7-15(26)28-20)21(34)29-18-22(35)32-19(24(36)37)14(13-40-23(18)32)11-31-9-5-4-6-10-31/h4-10,18,23H,11-13H2,1-3H3,(H3-,26,27,28,29,34,36,37)/t18?,23-/m1/s1. The first-order chi connectivity index (χ1) is 18.9. The maximum absolute atomic E-state index is 13.2. The van der Waals surface area contributed by atoms with Gasteiger partial charge in [-0.05, 0) is 26.8 Å². The zero-order valence-corrected chi connectivity index (χ0v) is 22.7. The zero-order valence-electron chi connectivity index (χ0n) is 21.9. The molecule has 2 aromatic rings. The number of aromatic nitrogens is 3. The SMILES string of the molecule is CC(C)(C)OC(=O)CON=C(C(=O)NC1C(=O)N2C(C(=O)[O-])=C(C[n+]3ccccc3)CS[C@H]12)c1nccc(N)n1. The smallest absolute Gasteiger partial charge is 0.347 e. The number of carboxylic acid groups (broad SMARTS) is 1. The van der Waals surface area contributed by atoms with Gasteiger partial charge in [0.15, 0.2) is 24.8 Å². The van der Waals surface area contributed by atoms with E-state index >= 15 is 0 Å². The number of hydrogen-bond donors (Lipinski definition) is 2. The van der Waals surface area contributed by atoms with Crippen molar-refractivity contribution in [3.63, 3.8) is 0 Å². The van der Waals surface area contributed by atoms with Gasteiger partial charge in [-0.2, -0.15) is 0 Å². The van der Waals surface area contributed by atoms with Crippen LogP contribution in [0.4, 0.5) is 5.82 Å². The van der Waals surface area contributed by atoms with Gasteiger partial charge in [-0.1, -0.05) is 11.2 Å². The number of thioether (sulfide) groups is 1. The Kier molecular flexibility index (Phi) is 8.32. The lowest BCUT2D eigenvalue weighted by molar-refractivity contribution is -0.689. The van der Waals surface area contributed by atoms with Crippen LogP contribution < -0.4 is 20.7 Å². The molecular weight excluding hydrogens is 542 g/mol. The van der Waals surface area contributed by atoms with Crippen molar-refractivity contribution in [2.75, 3.05) is 18.1 Å². The zero-order chi connectivity index (χ0) is 29.0. The van der Waals surface area contributed by atoms with Crippen LogP contribution in [0.2, 0.25) is 0 Å². The number of carboxylic acids is 1. The van der Waals surface area contributed by atoms with E-state index in [1.54, 1.807) is 49.9 Å². The lowest BCUT2D eigenvalue weighted by Gasteiger charge is -2.50. The molecule has 2 atom stereocenters. The number of pyridine rings is 1. The number of hydrogen-bond acceptors (Lipinski definition) is 12. The van der Waals surface area contributed by atoms with Crippen LogP contribution in [-0.4, -0.2) is 73.7 Å². The first kappa shape index (κ1) is 28.5. The highest BCUT2D eigenvalue weighted by atomic mass is 32.2. The maximum Gasteiger partial charge on any atom is 0.347 e. The Bertz CT molecular complexity index is 1390. The second-order valence-electron chi connectivity index (χ2n) is 9.75. The molecule has 2 aliphatic heterocycles. The molecule has 0 saturated carbocycles. The average Bonchev–Trinajstić information content (AvgIpc) is 2.88. The molecule has 2 aromatic heterocycles. The number of amides is 2. The minimum absolute atomic E-state index is 0.0407. The largest absolute Gasteiger partial charge is 0.543 e. The van der Waals surface area contributed by atoms with Crippen LogP contribution in [-0.2, 0) is 35.3 Å². The second kappa shape index (κ2) is 11.7. The molecule has 14 nitrogen and oxygen atoms in total. The van der Waals surface area contributed by atoms with Gasteiger partial charge < -0.3 is 30.5 Å². The summed E-state index contributed by atoms with van der Waals surface area (Å²) in [4.78, 5) is 64.4. The number of anilines is 1. The number of esters is 1. The van der Waals surface area contributed by atoms with Gasteiger partial charge in [0, 0.05) is 29.7 Å². The summed E-state index contributed by atoms with van der Waals surface area (Å²) in [7, 11) is 0. The fourth-order valence-electron chi connectivity index (χ4n) is 3.95. The van der Waals surface area contributed by atoms with Crippen molar-refractivity contribution in [2.24, 2.45) is 5.16 Å². The molecule has 210 valence electrons. The molecule has 1 unspecified atom stereocenters. The Morgan fingerprint density at radius 3 is 2.65 bits per heavy atom. The number of nitrogens with zero attached hydrogens (tertiary/aromatic N) is 5. The lowest BCUT2D eigenvalue weighted by Crippen LogP contribution is -2.71. The summed E-state index contributed by atoms with van der Waals surface area (Å²) < 4.78 is 6.93. The molecule has 1 fully saturated rings. The first-order valence-corrected chi connectivity index (χ1v) is 13.1. The van der Waals surface area contributed by atoms with E-state index in [4.69, 9.17) is 15.3 Å². The van der Waals surface area contributed by atoms with Gasteiger partial charge in [-0.25, -0.2) is 19.3 Å². The summed E-state index contributed by atoms with van der Waals surface area (Å²) in [5.41, 5.74) is 4.80. The monoisotopic (exact) mass is 569 g/mol. The van der Waals surface area contributed by atoms with Crippen LogP contribution in [0.5, 0.6) is 0 Å². The van der Waals surface area contributed by atoms with E-state index in [-0.39, 0.29) is 23.9 Å². The number of carbonyl (C=O) groups excluding carboxylic acids is 4. The van der Waals surface area contributed by atoms with Gasteiger partial charge in [0.1, 0.15) is 22.8 Å². The highest BCUT2D eigenvalue weighted by molar-refractivity contribution is 8.00. The number of carbonyl (C=O) groups is 4. The molecule has 2 aliphatic rings. The van der Waals surface area contributed by atoms with Crippen molar-refractivity contribution in [1.82, 2.24) is 20.2 Å². The molecule has 4 heterocycles. The summed E-state index contributed by atoms with van der Waals surface area (Å²) in [5, 5.41) is 17.6. The Labute approximate surface area is 233 Å². The van der Waals surface area contributed by atoms with E-state index in [0.29, 0.717) is 11.3 Å². The van der Waals surface area contributed by atoms with Crippen LogP contribution >= 0.6 is 11.8 Å². The van der Waals surface area contributed by atoms with E-state index in [1.807, 2.05) is 6.07 Å². The molecule has 4 rings (SSSR count). The van der Waals surface area contributed by atoms with E-state index in [0.717, 1.165) is 4.90 Å². The van der Waals surface area contributed by atoms with Crippen LogP contribution in [0, 0.1) is 0 Å². The molecule has 40 heavy (non-hydrogen) atoms. The molecule has 15 heteroatoms. The highest BCUT2D eigenvalue weighted by Gasteiger charge is 2.53. The van der Waals surface area contributed by atoms with E-state index in [1.165, 1.54) is 24.0 Å². The third-order valence-electron chi connectivity index (χ3n) is 5.54. The number of nitrogen functional groups attached to an aromatic ring is 1. The van der Waals surface area contributed by atoms with E-state index < -0.39 is 53.1 Å². The quantitative estimate of drug-likeness (QED) is 0.118. The summed E-state index contributed by atoms with van der Waals surface area (Å²) in [5.74, 6) is -3.61. The number of oxime groups is 1. The third kappa shape index (κ3) is 6.54. The number of nitrogens with one attached hydrogen (secondary N) is 1. The molecule has 0 bridgehead atoms. The number of nitrogens with two attached hydrogens (primary N) is 1. The molecule has 0 aromatic carbocycles. The normalized spacial score (nSPS) is 18.9. The van der Waals surface area contributed by atoms with Crippen molar-refractivity contribution < 1.29 is 38.4 Å². The highest BCUT2D eigenvalue weighted by Crippen LogP contribution is 2.40. The van der Waals surface area contributed by atoms with E-state index in [2.05, 4.69) is 20.4 Å². The Morgan fingerprint density at radius 2 is 2.00 bits per heavy atom. The van der Waals surface area contributed by atoms with Crippen molar-refractivity contribution >= 4 is 47.0 Å². The molecule has 3 N–H and O–H groups in total. The summed E-state index contributed by atoms with van der Waals surface area (Å²) in [6.45, 7) is 4.69. The van der Waals surface area contributed by atoms with E-state index in [9.17, 15) is 24.3 Å². The topological polar surface area (TPSA) is 193 Å². The first-order valence-electron chi connectivity index (χ1n) is 12.1. The molecular formula is C25H27N7O7S. The van der Waals surface area contributed by atoms with Gasteiger partial charge >= 0.3 is 5.97 Å². The predicted octanol–water partition coefficient (Wildman–Crippen LogP) is -1.49. The van der Waals surface area contributed by atoms with Crippen LogP contribution in [0.15, 0.2) is 59.3 Å². The van der Waals surface area contributed by atoms with Crippen molar-refractivity contribution in [3.05, 3.63) is 60.0 Å². The number of fused-ring (bicyclic) bond motifs is 1. The average molecular weight is 570 g/mol. The van der Waals surface area contributed by atoms with Gasteiger partial charge in [-0.3, -0.25) is 14.5 Å². The van der Waals surface area contributed by atoms with Crippen LogP contribution in [0.3, 0.4) is 0 Å². The Hall–Kier alpha value is -4.53. The molecule has 0 spiro atoms. The summed E-state index contributed by atoms with van der Waals surface area (Å²) in [6, 6.07) is 5.76. The summed E-state index contributed by atoms with van der Waals surface area (Å²) in [6.07, 6.45) is 4.86. The number of β-lactam (4-membered cyclic amide) rings is 1. The number of rotatable bonds is 9. The molecule has 0 aliphatic carbocycles. The molecule has 1 saturated heterocycles. The number of ether oxygens (including phenoxy) is 1. The van der Waals surface area contributed by atoms with Crippen molar-refractivity contribution in [1.29, 1.82) is 0 Å². The van der Waals surface area contributed by atoms with Crippen molar-refractivity contribution in [2.45, 2.75) is 44.3 Å². The number of aliphatic carboxylic acids is 1. The minimum atomic E-state index is -1.49. The fraction of sp³-hybridized carbons (Fsp3) is 0.360. The minimum Gasteiger partial charge on any atom is -0.543 e. The predicted molar refractivity (Wildman–Crippen MR) is 138 cm³/mol. The summed E-state index contributed by atoms with van der Waals surface area (Å²) >= 11 is 1.30. The molecule has 2 amide bonds.